The largest absolute Gasteiger partial charge is 0.493 e. The molecule has 0 saturated carbocycles. The monoisotopic (exact) mass is 347 g/mol. The quantitative estimate of drug-likeness (QED) is 0.804. The van der Waals surface area contributed by atoms with Gasteiger partial charge in [0.25, 0.3) is 5.91 Å². The van der Waals surface area contributed by atoms with Crippen LogP contribution in [0.5, 0.6) is 11.5 Å². The van der Waals surface area contributed by atoms with Gasteiger partial charge in [-0.1, -0.05) is 23.7 Å². The number of hydrogen-bond acceptors (Lipinski definition) is 3. The van der Waals surface area contributed by atoms with Gasteiger partial charge in [-0.25, -0.2) is 0 Å². The molecular formula is C19H22ClNO3. The van der Waals surface area contributed by atoms with Gasteiger partial charge in [-0.15, -0.1) is 0 Å². The van der Waals surface area contributed by atoms with Crippen molar-refractivity contribution in [2.75, 3.05) is 6.61 Å². The summed E-state index contributed by atoms with van der Waals surface area (Å²) in [6.45, 7) is 6.57. The van der Waals surface area contributed by atoms with Crippen LogP contribution in [0.15, 0.2) is 42.5 Å². The lowest BCUT2D eigenvalue weighted by atomic mass is 10.1. The van der Waals surface area contributed by atoms with Crippen LogP contribution in [0.4, 0.5) is 0 Å². The maximum Gasteiger partial charge on any atom is 0.251 e. The average molecular weight is 348 g/mol. The van der Waals surface area contributed by atoms with Crippen molar-refractivity contribution in [3.8, 4) is 11.5 Å². The minimum absolute atomic E-state index is 0.0758. The van der Waals surface area contributed by atoms with Crippen molar-refractivity contribution >= 4 is 17.5 Å². The van der Waals surface area contributed by atoms with E-state index < -0.39 is 0 Å². The van der Waals surface area contributed by atoms with Gasteiger partial charge in [-0.3, -0.25) is 4.79 Å². The topological polar surface area (TPSA) is 47.6 Å². The zero-order valence-corrected chi connectivity index (χ0v) is 14.9. The lowest BCUT2D eigenvalue weighted by Gasteiger charge is -2.14. The first kappa shape index (κ1) is 18.1. The maximum absolute atomic E-state index is 12.2. The van der Waals surface area contributed by atoms with Gasteiger partial charge in [-0.2, -0.15) is 0 Å². The molecule has 2 aromatic carbocycles. The SMILES string of the molecule is CCOc1ccc(C(=O)NC(C)C)cc1COc1ccccc1Cl. The second-order valence-electron chi connectivity index (χ2n) is 5.60. The molecule has 0 aliphatic carbocycles. The molecule has 5 heteroatoms. The van der Waals surface area contributed by atoms with Crippen LogP contribution in [0, 0.1) is 0 Å². The normalized spacial score (nSPS) is 10.5. The Morgan fingerprint density at radius 2 is 1.88 bits per heavy atom. The molecular weight excluding hydrogens is 326 g/mol. The van der Waals surface area contributed by atoms with Gasteiger partial charge < -0.3 is 14.8 Å². The van der Waals surface area contributed by atoms with Crippen LogP contribution < -0.4 is 14.8 Å². The van der Waals surface area contributed by atoms with E-state index in [1.807, 2.05) is 32.9 Å². The first-order valence-electron chi connectivity index (χ1n) is 7.95. The van der Waals surface area contributed by atoms with Crippen molar-refractivity contribution in [2.24, 2.45) is 0 Å². The molecule has 1 amide bonds. The predicted octanol–water partition coefficient (Wildman–Crippen LogP) is 4.46. The van der Waals surface area contributed by atoms with E-state index in [0.29, 0.717) is 28.7 Å². The zero-order chi connectivity index (χ0) is 17.5. The maximum atomic E-state index is 12.2. The Morgan fingerprint density at radius 3 is 2.54 bits per heavy atom. The zero-order valence-electron chi connectivity index (χ0n) is 14.1. The van der Waals surface area contributed by atoms with Gasteiger partial charge in [0.15, 0.2) is 0 Å². The van der Waals surface area contributed by atoms with E-state index >= 15 is 0 Å². The highest BCUT2D eigenvalue weighted by Crippen LogP contribution is 2.27. The van der Waals surface area contributed by atoms with E-state index in [9.17, 15) is 4.79 Å². The number of ether oxygens (including phenoxy) is 2. The van der Waals surface area contributed by atoms with E-state index in [2.05, 4.69) is 5.32 Å². The highest BCUT2D eigenvalue weighted by atomic mass is 35.5. The molecule has 0 aliphatic rings. The molecule has 0 atom stereocenters. The summed E-state index contributed by atoms with van der Waals surface area (Å²) in [4.78, 5) is 12.2. The summed E-state index contributed by atoms with van der Waals surface area (Å²) in [5, 5.41) is 3.42. The molecule has 128 valence electrons. The number of para-hydroxylation sites is 1. The Balaban J connectivity index is 2.21. The van der Waals surface area contributed by atoms with Gasteiger partial charge in [0.05, 0.1) is 11.6 Å². The summed E-state index contributed by atoms with van der Waals surface area (Å²) < 4.78 is 11.4. The molecule has 0 aromatic heterocycles. The second-order valence-corrected chi connectivity index (χ2v) is 6.01. The van der Waals surface area contributed by atoms with Gasteiger partial charge in [-0.05, 0) is 51.1 Å². The Kier molecular flexibility index (Phi) is 6.50. The van der Waals surface area contributed by atoms with Crippen molar-refractivity contribution in [1.29, 1.82) is 0 Å². The number of hydrogen-bond donors (Lipinski definition) is 1. The molecule has 1 N–H and O–H groups in total. The lowest BCUT2D eigenvalue weighted by Crippen LogP contribution is -2.30. The standard InChI is InChI=1S/C19H22ClNO3/c1-4-23-17-10-9-14(19(22)21-13(2)3)11-15(17)12-24-18-8-6-5-7-16(18)20/h5-11,13H,4,12H2,1-3H3,(H,21,22). The van der Waals surface area contributed by atoms with Gasteiger partial charge >= 0.3 is 0 Å². The van der Waals surface area contributed by atoms with Gasteiger partial charge in [0.2, 0.25) is 0 Å². The highest BCUT2D eigenvalue weighted by molar-refractivity contribution is 6.32. The molecule has 0 heterocycles. The molecule has 24 heavy (non-hydrogen) atoms. The van der Waals surface area contributed by atoms with E-state index in [-0.39, 0.29) is 18.6 Å². The summed E-state index contributed by atoms with van der Waals surface area (Å²) in [6.07, 6.45) is 0. The Hall–Kier alpha value is -2.20. The van der Waals surface area contributed by atoms with E-state index in [0.717, 1.165) is 5.56 Å². The molecule has 0 radical (unpaired) electrons. The Bertz CT molecular complexity index is 701. The van der Waals surface area contributed by atoms with Crippen molar-refractivity contribution < 1.29 is 14.3 Å². The van der Waals surface area contributed by atoms with Crippen molar-refractivity contribution in [3.05, 3.63) is 58.6 Å². The number of rotatable bonds is 7. The van der Waals surface area contributed by atoms with Crippen LogP contribution in [0.1, 0.15) is 36.7 Å². The lowest BCUT2D eigenvalue weighted by molar-refractivity contribution is 0.0943. The number of carbonyl (C=O) groups is 1. The van der Waals surface area contributed by atoms with Crippen LogP contribution >= 0.6 is 11.6 Å². The molecule has 0 aliphatic heterocycles. The van der Waals surface area contributed by atoms with Crippen LogP contribution in [0.25, 0.3) is 0 Å². The molecule has 0 unspecified atom stereocenters. The summed E-state index contributed by atoms with van der Waals surface area (Å²) in [5.74, 6) is 1.18. The van der Waals surface area contributed by atoms with E-state index in [4.69, 9.17) is 21.1 Å². The average Bonchev–Trinajstić information content (AvgIpc) is 2.54. The number of nitrogens with one attached hydrogen (secondary N) is 1. The molecule has 4 nitrogen and oxygen atoms in total. The third kappa shape index (κ3) is 4.90. The first-order valence-corrected chi connectivity index (χ1v) is 8.33. The first-order chi connectivity index (χ1) is 11.5. The van der Waals surface area contributed by atoms with Crippen LogP contribution in [0.2, 0.25) is 5.02 Å². The Morgan fingerprint density at radius 1 is 1.12 bits per heavy atom. The molecule has 2 aromatic rings. The van der Waals surface area contributed by atoms with Crippen molar-refractivity contribution in [2.45, 2.75) is 33.4 Å². The molecule has 0 saturated heterocycles. The van der Waals surface area contributed by atoms with Crippen LogP contribution in [0.3, 0.4) is 0 Å². The van der Waals surface area contributed by atoms with E-state index in [1.54, 1.807) is 30.3 Å². The molecule has 0 bridgehead atoms. The number of halogens is 1. The fourth-order valence-electron chi connectivity index (χ4n) is 2.19. The minimum atomic E-state index is -0.118. The summed E-state index contributed by atoms with van der Waals surface area (Å²) in [7, 11) is 0. The van der Waals surface area contributed by atoms with Gasteiger partial charge in [0.1, 0.15) is 18.1 Å². The number of benzene rings is 2. The third-order valence-electron chi connectivity index (χ3n) is 3.26. The summed E-state index contributed by atoms with van der Waals surface area (Å²) in [6, 6.07) is 12.7. The molecule has 2 rings (SSSR count). The highest BCUT2D eigenvalue weighted by Gasteiger charge is 2.12. The fraction of sp³-hybridized carbons (Fsp3) is 0.316. The summed E-state index contributed by atoms with van der Waals surface area (Å²) in [5.41, 5.74) is 1.37. The molecule has 0 spiro atoms. The van der Waals surface area contributed by atoms with Crippen LogP contribution in [-0.4, -0.2) is 18.6 Å². The molecule has 0 fully saturated rings. The van der Waals surface area contributed by atoms with E-state index in [1.165, 1.54) is 0 Å². The van der Waals surface area contributed by atoms with Gasteiger partial charge in [0, 0.05) is 17.2 Å². The number of carbonyl (C=O) groups excluding carboxylic acids is 1. The van der Waals surface area contributed by atoms with Crippen LogP contribution in [-0.2, 0) is 6.61 Å². The fourth-order valence-corrected chi connectivity index (χ4v) is 2.38. The van der Waals surface area contributed by atoms with Crippen molar-refractivity contribution in [3.63, 3.8) is 0 Å². The third-order valence-corrected chi connectivity index (χ3v) is 3.57. The smallest absolute Gasteiger partial charge is 0.251 e. The predicted molar refractivity (Wildman–Crippen MR) is 96.0 cm³/mol. The van der Waals surface area contributed by atoms with Crippen molar-refractivity contribution in [1.82, 2.24) is 5.32 Å². The second kappa shape index (κ2) is 8.60. The number of amides is 1. The summed E-state index contributed by atoms with van der Waals surface area (Å²) >= 11 is 6.11. The Labute approximate surface area is 147 Å². The minimum Gasteiger partial charge on any atom is -0.493 e.